The molecule has 0 heterocycles. The molecule has 0 aliphatic carbocycles. The van der Waals surface area contributed by atoms with Gasteiger partial charge in [-0.1, -0.05) is 76.8 Å². The topological polar surface area (TPSA) is 106 Å². The van der Waals surface area contributed by atoms with E-state index in [1.165, 1.54) is 63.4 Å². The molecule has 0 aliphatic rings. The molecule has 1 rings (SSSR count). The molecule has 39 heavy (non-hydrogen) atoms. The van der Waals surface area contributed by atoms with Crippen molar-refractivity contribution in [1.29, 1.82) is 0 Å². The van der Waals surface area contributed by atoms with Gasteiger partial charge in [0, 0.05) is 5.56 Å². The third-order valence-electron chi connectivity index (χ3n) is 5.72. The number of aryl methyl sites for hydroxylation is 1. The van der Waals surface area contributed by atoms with E-state index in [0.717, 1.165) is 12.8 Å². The summed E-state index contributed by atoms with van der Waals surface area (Å²) in [7, 11) is 0. The number of carbonyl (C=O) groups excluding carboxylic acids is 3. The van der Waals surface area contributed by atoms with E-state index >= 15 is 0 Å². The Labute approximate surface area is 235 Å². The largest absolute Gasteiger partial charge is 0.444 e. The molecule has 3 amide bonds. The lowest BCUT2D eigenvalue weighted by Gasteiger charge is -2.21. The SMILES string of the molecule is CCCCCCCCCCCCc1ccc(C(=O)NCC(=NC(=O)OC(C)(C)C)NC(=O)OC(C)(C)C)cc1. The van der Waals surface area contributed by atoms with Crippen molar-refractivity contribution < 1.29 is 23.9 Å². The summed E-state index contributed by atoms with van der Waals surface area (Å²) in [6, 6.07) is 7.51. The molecular weight excluding hydrogens is 494 g/mol. The van der Waals surface area contributed by atoms with E-state index in [1.54, 1.807) is 53.7 Å². The number of alkyl carbamates (subject to hydrolysis) is 1. The van der Waals surface area contributed by atoms with Gasteiger partial charge in [-0.05, 0) is 72.1 Å². The number of hydrogen-bond donors (Lipinski definition) is 2. The van der Waals surface area contributed by atoms with Crippen LogP contribution >= 0.6 is 0 Å². The van der Waals surface area contributed by atoms with Crippen LogP contribution in [0, 0.1) is 0 Å². The minimum absolute atomic E-state index is 0.0792. The average molecular weight is 546 g/mol. The summed E-state index contributed by atoms with van der Waals surface area (Å²) >= 11 is 0. The van der Waals surface area contributed by atoms with Gasteiger partial charge in [0.15, 0.2) is 0 Å². The zero-order chi connectivity index (χ0) is 29.3. The lowest BCUT2D eigenvalue weighted by atomic mass is 10.0. The number of aliphatic imine (C=N–C) groups is 1. The normalized spacial score (nSPS) is 12.1. The van der Waals surface area contributed by atoms with Gasteiger partial charge in [0.2, 0.25) is 0 Å². The van der Waals surface area contributed by atoms with E-state index in [9.17, 15) is 14.4 Å². The molecule has 0 bridgehead atoms. The number of benzene rings is 1. The molecule has 0 aliphatic heterocycles. The molecule has 8 heteroatoms. The summed E-state index contributed by atoms with van der Waals surface area (Å²) in [5.41, 5.74) is 0.192. The van der Waals surface area contributed by atoms with Crippen LogP contribution in [-0.2, 0) is 15.9 Å². The monoisotopic (exact) mass is 545 g/mol. The zero-order valence-corrected chi connectivity index (χ0v) is 25.3. The molecule has 1 aromatic rings. The first-order valence-electron chi connectivity index (χ1n) is 14.5. The highest BCUT2D eigenvalue weighted by molar-refractivity contribution is 6.04. The fraction of sp³-hybridized carbons (Fsp3) is 0.677. The van der Waals surface area contributed by atoms with E-state index in [4.69, 9.17) is 9.47 Å². The minimum Gasteiger partial charge on any atom is -0.444 e. The van der Waals surface area contributed by atoms with Crippen LogP contribution in [0.15, 0.2) is 29.3 Å². The Morgan fingerprint density at radius 2 is 1.26 bits per heavy atom. The molecule has 2 N–H and O–H groups in total. The van der Waals surface area contributed by atoms with Crippen molar-refractivity contribution >= 4 is 23.9 Å². The highest BCUT2D eigenvalue weighted by Crippen LogP contribution is 2.13. The first kappa shape index (κ1) is 34.1. The second-order valence-electron chi connectivity index (χ2n) is 12.0. The van der Waals surface area contributed by atoms with Crippen LogP contribution in [0.4, 0.5) is 9.59 Å². The zero-order valence-electron chi connectivity index (χ0n) is 25.3. The van der Waals surface area contributed by atoms with Gasteiger partial charge in [0.05, 0.1) is 6.54 Å². The summed E-state index contributed by atoms with van der Waals surface area (Å²) in [4.78, 5) is 40.9. The Kier molecular flexibility index (Phi) is 15.4. The maximum absolute atomic E-state index is 12.7. The maximum atomic E-state index is 12.7. The molecule has 0 spiro atoms. The van der Waals surface area contributed by atoms with Gasteiger partial charge in [0.1, 0.15) is 17.0 Å². The van der Waals surface area contributed by atoms with Crippen LogP contribution in [-0.4, -0.2) is 41.7 Å². The van der Waals surface area contributed by atoms with Crippen LogP contribution in [0.5, 0.6) is 0 Å². The number of nitrogens with zero attached hydrogens (tertiary/aromatic N) is 1. The highest BCUT2D eigenvalue weighted by atomic mass is 16.6. The Hall–Kier alpha value is -2.90. The van der Waals surface area contributed by atoms with Crippen LogP contribution < -0.4 is 10.6 Å². The van der Waals surface area contributed by atoms with E-state index in [0.29, 0.717) is 5.56 Å². The lowest BCUT2D eigenvalue weighted by molar-refractivity contribution is 0.0560. The lowest BCUT2D eigenvalue weighted by Crippen LogP contribution is -2.43. The standard InChI is InChI=1S/C31H51N3O5/c1-8-9-10-11-12-13-14-15-16-17-18-24-19-21-25(22-20-24)27(35)32-23-26(33-28(36)38-30(2,3)4)34-29(37)39-31(5,6)7/h19-22H,8-18,23H2,1-7H3,(H,32,35)(H,33,34,36,37). The minimum atomic E-state index is -0.876. The fourth-order valence-corrected chi connectivity index (χ4v) is 3.83. The molecule has 0 aromatic heterocycles. The number of ether oxygens (including phenoxy) is 2. The first-order chi connectivity index (χ1) is 18.3. The van der Waals surface area contributed by atoms with Gasteiger partial charge in [-0.2, -0.15) is 4.99 Å². The number of amidine groups is 1. The third kappa shape index (κ3) is 18.1. The molecule has 0 saturated heterocycles. The van der Waals surface area contributed by atoms with Crippen molar-refractivity contribution in [2.75, 3.05) is 6.54 Å². The van der Waals surface area contributed by atoms with Gasteiger partial charge in [0.25, 0.3) is 5.91 Å². The summed E-state index contributed by atoms with van der Waals surface area (Å²) in [5.74, 6) is -0.423. The summed E-state index contributed by atoms with van der Waals surface area (Å²) in [6.45, 7) is 12.4. The highest BCUT2D eigenvalue weighted by Gasteiger charge is 2.20. The van der Waals surface area contributed by atoms with Gasteiger partial charge in [-0.25, -0.2) is 9.59 Å². The van der Waals surface area contributed by atoms with E-state index < -0.39 is 23.4 Å². The summed E-state index contributed by atoms with van der Waals surface area (Å²) < 4.78 is 10.4. The van der Waals surface area contributed by atoms with Gasteiger partial charge in [-0.15, -0.1) is 0 Å². The number of unbranched alkanes of at least 4 members (excludes halogenated alkanes) is 9. The van der Waals surface area contributed by atoms with Gasteiger partial charge in [-0.3, -0.25) is 10.1 Å². The third-order valence-corrected chi connectivity index (χ3v) is 5.72. The number of nitrogens with one attached hydrogen (secondary N) is 2. The van der Waals surface area contributed by atoms with Crippen molar-refractivity contribution in [1.82, 2.24) is 10.6 Å². The van der Waals surface area contributed by atoms with Gasteiger partial charge >= 0.3 is 12.2 Å². The molecule has 1 aromatic carbocycles. The van der Waals surface area contributed by atoms with Crippen molar-refractivity contribution in [2.45, 2.75) is 130 Å². The number of rotatable bonds is 14. The second-order valence-corrected chi connectivity index (χ2v) is 12.0. The van der Waals surface area contributed by atoms with Crippen LogP contribution in [0.2, 0.25) is 0 Å². The number of carbonyl (C=O) groups is 3. The average Bonchev–Trinajstić information content (AvgIpc) is 2.81. The maximum Gasteiger partial charge on any atom is 0.435 e. The van der Waals surface area contributed by atoms with E-state index in [-0.39, 0.29) is 18.3 Å². The fourth-order valence-electron chi connectivity index (χ4n) is 3.83. The molecule has 8 nitrogen and oxygen atoms in total. The molecule has 0 saturated carbocycles. The molecule has 0 fully saturated rings. The summed E-state index contributed by atoms with van der Waals surface area (Å²) in [6.07, 6.45) is 12.4. The van der Waals surface area contributed by atoms with Crippen molar-refractivity contribution in [3.63, 3.8) is 0 Å². The Bertz CT molecular complexity index is 912. The molecule has 0 radical (unpaired) electrons. The first-order valence-corrected chi connectivity index (χ1v) is 14.5. The Morgan fingerprint density at radius 1 is 0.744 bits per heavy atom. The van der Waals surface area contributed by atoms with Crippen molar-refractivity contribution in [3.8, 4) is 0 Å². The quantitative estimate of drug-likeness (QED) is 0.141. The number of hydrogen-bond acceptors (Lipinski definition) is 5. The van der Waals surface area contributed by atoms with Crippen molar-refractivity contribution in [2.24, 2.45) is 4.99 Å². The predicted octanol–water partition coefficient (Wildman–Crippen LogP) is 7.74. The van der Waals surface area contributed by atoms with Gasteiger partial charge < -0.3 is 14.8 Å². The molecule has 0 unspecified atom stereocenters. The predicted molar refractivity (Wildman–Crippen MR) is 157 cm³/mol. The van der Waals surface area contributed by atoms with Crippen LogP contribution in [0.3, 0.4) is 0 Å². The number of amides is 3. The summed E-state index contributed by atoms with van der Waals surface area (Å²) in [5, 5.41) is 5.13. The van der Waals surface area contributed by atoms with E-state index in [2.05, 4.69) is 22.5 Å². The second kappa shape index (κ2) is 17.6. The Morgan fingerprint density at radius 3 is 1.77 bits per heavy atom. The Balaban J connectivity index is 2.55. The van der Waals surface area contributed by atoms with Crippen molar-refractivity contribution in [3.05, 3.63) is 35.4 Å². The smallest absolute Gasteiger partial charge is 0.435 e. The van der Waals surface area contributed by atoms with Crippen LogP contribution in [0.1, 0.15) is 129 Å². The van der Waals surface area contributed by atoms with E-state index in [1.807, 2.05) is 12.1 Å². The molecular formula is C31H51N3O5. The molecule has 220 valence electrons. The molecule has 0 atom stereocenters. The van der Waals surface area contributed by atoms with Crippen LogP contribution in [0.25, 0.3) is 0 Å².